The summed E-state index contributed by atoms with van der Waals surface area (Å²) in [6.45, 7) is 4.99. The van der Waals surface area contributed by atoms with Crippen LogP contribution >= 0.6 is 11.8 Å². The van der Waals surface area contributed by atoms with Crippen molar-refractivity contribution in [3.05, 3.63) is 53.6 Å². The van der Waals surface area contributed by atoms with Gasteiger partial charge in [-0.25, -0.2) is 4.98 Å². The van der Waals surface area contributed by atoms with Crippen molar-refractivity contribution in [1.29, 1.82) is 0 Å². The number of nitrogens with one attached hydrogen (secondary N) is 2. The van der Waals surface area contributed by atoms with Gasteiger partial charge in [0.2, 0.25) is 5.91 Å². The Morgan fingerprint density at radius 2 is 2.04 bits per heavy atom. The van der Waals surface area contributed by atoms with Crippen molar-refractivity contribution in [2.24, 2.45) is 0 Å². The highest BCUT2D eigenvalue weighted by Crippen LogP contribution is 2.20. The van der Waals surface area contributed by atoms with Crippen molar-refractivity contribution in [1.82, 2.24) is 15.3 Å². The van der Waals surface area contributed by atoms with Gasteiger partial charge < -0.3 is 15.0 Å². The number of fused-ring (bicyclic) bond motifs is 1. The van der Waals surface area contributed by atoms with Gasteiger partial charge in [0.15, 0.2) is 5.16 Å². The zero-order valence-corrected chi connectivity index (χ0v) is 15.2. The Hall–Kier alpha value is -2.47. The number of amides is 1. The molecule has 3 aromatic rings. The van der Waals surface area contributed by atoms with Crippen LogP contribution in [0.5, 0.6) is 5.75 Å². The fraction of sp³-hybridized carbons (Fsp3) is 0.263. The second-order valence-electron chi connectivity index (χ2n) is 5.87. The molecule has 130 valence electrons. The minimum absolute atomic E-state index is 0.0329. The maximum atomic E-state index is 11.9. The monoisotopic (exact) mass is 355 g/mol. The highest BCUT2D eigenvalue weighted by atomic mass is 32.2. The van der Waals surface area contributed by atoms with E-state index in [1.807, 2.05) is 50.2 Å². The van der Waals surface area contributed by atoms with Gasteiger partial charge in [-0.1, -0.05) is 30.0 Å². The minimum atomic E-state index is -0.0329. The van der Waals surface area contributed by atoms with Gasteiger partial charge in [0.1, 0.15) is 12.4 Å². The van der Waals surface area contributed by atoms with Crippen LogP contribution in [0.3, 0.4) is 0 Å². The zero-order chi connectivity index (χ0) is 17.6. The van der Waals surface area contributed by atoms with Crippen LogP contribution in [0, 0.1) is 13.8 Å². The standard InChI is InChI=1S/C19H21N3O2S/c1-13-4-3-5-15(10-13)24-9-8-20-18(23)12-25-19-21-16-7-6-14(2)11-17(16)22-19/h3-7,10-11H,8-9,12H2,1-2H3,(H,20,23)(H,21,22). The largest absolute Gasteiger partial charge is 0.492 e. The fourth-order valence-electron chi connectivity index (χ4n) is 2.42. The van der Waals surface area contributed by atoms with Crippen molar-refractivity contribution in [3.8, 4) is 5.75 Å². The topological polar surface area (TPSA) is 67.0 Å². The fourth-order valence-corrected chi connectivity index (χ4v) is 3.13. The second-order valence-corrected chi connectivity index (χ2v) is 6.83. The number of aryl methyl sites for hydroxylation is 2. The van der Waals surface area contributed by atoms with Gasteiger partial charge in [-0.15, -0.1) is 0 Å². The number of hydrogen-bond acceptors (Lipinski definition) is 4. The molecule has 0 atom stereocenters. The summed E-state index contributed by atoms with van der Waals surface area (Å²) in [5.41, 5.74) is 4.24. The lowest BCUT2D eigenvalue weighted by atomic mass is 10.2. The Labute approximate surface area is 151 Å². The van der Waals surface area contributed by atoms with Gasteiger partial charge in [0, 0.05) is 0 Å². The molecule has 0 spiro atoms. The Morgan fingerprint density at radius 3 is 2.88 bits per heavy atom. The SMILES string of the molecule is Cc1cccc(OCCNC(=O)CSc2nc3ccc(C)cc3[nH]2)c1. The number of H-pyrrole nitrogens is 1. The molecule has 0 aliphatic carbocycles. The van der Waals surface area contributed by atoms with Crippen LogP contribution in [0.4, 0.5) is 0 Å². The molecule has 0 unspecified atom stereocenters. The first kappa shape index (κ1) is 17.4. The van der Waals surface area contributed by atoms with Crippen LogP contribution in [-0.2, 0) is 4.79 Å². The molecule has 0 saturated carbocycles. The maximum Gasteiger partial charge on any atom is 0.230 e. The van der Waals surface area contributed by atoms with E-state index in [0.29, 0.717) is 18.9 Å². The predicted molar refractivity (Wildman–Crippen MR) is 101 cm³/mol. The molecule has 0 saturated heterocycles. The molecule has 1 heterocycles. The maximum absolute atomic E-state index is 11.9. The number of imidazole rings is 1. The highest BCUT2D eigenvalue weighted by molar-refractivity contribution is 7.99. The van der Waals surface area contributed by atoms with Crippen molar-refractivity contribution >= 4 is 28.7 Å². The third-order valence-corrected chi connectivity index (χ3v) is 4.51. The number of carbonyl (C=O) groups is 1. The van der Waals surface area contributed by atoms with E-state index in [0.717, 1.165) is 27.5 Å². The summed E-state index contributed by atoms with van der Waals surface area (Å²) in [5, 5.41) is 3.61. The number of aromatic amines is 1. The molecule has 0 radical (unpaired) electrons. The van der Waals surface area contributed by atoms with E-state index >= 15 is 0 Å². The number of thioether (sulfide) groups is 1. The lowest BCUT2D eigenvalue weighted by Gasteiger charge is -2.08. The molecule has 1 amide bonds. The minimum Gasteiger partial charge on any atom is -0.492 e. The number of carbonyl (C=O) groups excluding carboxylic acids is 1. The summed E-state index contributed by atoms with van der Waals surface area (Å²) < 4.78 is 5.61. The van der Waals surface area contributed by atoms with E-state index in [1.54, 1.807) is 0 Å². The summed E-state index contributed by atoms with van der Waals surface area (Å²) in [5.74, 6) is 1.11. The third-order valence-electron chi connectivity index (χ3n) is 3.64. The highest BCUT2D eigenvalue weighted by Gasteiger charge is 2.07. The van der Waals surface area contributed by atoms with Gasteiger partial charge in [0.05, 0.1) is 23.3 Å². The molecule has 0 fully saturated rings. The number of aromatic nitrogens is 2. The Balaban J connectivity index is 1.40. The molecule has 5 nitrogen and oxygen atoms in total. The van der Waals surface area contributed by atoms with Crippen LogP contribution in [0.2, 0.25) is 0 Å². The quantitative estimate of drug-likeness (QED) is 0.503. The Bertz CT molecular complexity index is 876. The lowest BCUT2D eigenvalue weighted by molar-refractivity contribution is -0.118. The smallest absolute Gasteiger partial charge is 0.230 e. The predicted octanol–water partition coefficient (Wildman–Crippen LogP) is 3.47. The third kappa shape index (κ3) is 5.00. The van der Waals surface area contributed by atoms with Crippen LogP contribution in [-0.4, -0.2) is 34.8 Å². The average Bonchev–Trinajstić information content (AvgIpc) is 2.99. The summed E-state index contributed by atoms with van der Waals surface area (Å²) in [4.78, 5) is 19.6. The molecule has 0 bridgehead atoms. The van der Waals surface area contributed by atoms with E-state index in [-0.39, 0.29) is 5.91 Å². The lowest BCUT2D eigenvalue weighted by Crippen LogP contribution is -2.29. The Kier molecular flexibility index (Phi) is 5.60. The molecule has 2 aromatic carbocycles. The number of rotatable bonds is 7. The van der Waals surface area contributed by atoms with Gasteiger partial charge in [-0.3, -0.25) is 4.79 Å². The van der Waals surface area contributed by atoms with Crippen LogP contribution in [0.15, 0.2) is 47.6 Å². The normalized spacial score (nSPS) is 10.8. The average molecular weight is 355 g/mol. The first-order valence-corrected chi connectivity index (χ1v) is 9.14. The van der Waals surface area contributed by atoms with E-state index in [2.05, 4.69) is 21.4 Å². The van der Waals surface area contributed by atoms with E-state index in [1.165, 1.54) is 17.3 Å². The van der Waals surface area contributed by atoms with Gasteiger partial charge in [-0.2, -0.15) is 0 Å². The van der Waals surface area contributed by atoms with Crippen LogP contribution in [0.25, 0.3) is 11.0 Å². The number of ether oxygens (including phenoxy) is 1. The van der Waals surface area contributed by atoms with Crippen molar-refractivity contribution in [2.75, 3.05) is 18.9 Å². The molecule has 2 N–H and O–H groups in total. The second kappa shape index (κ2) is 8.07. The van der Waals surface area contributed by atoms with Crippen LogP contribution < -0.4 is 10.1 Å². The van der Waals surface area contributed by atoms with Gasteiger partial charge >= 0.3 is 0 Å². The van der Waals surface area contributed by atoms with E-state index in [4.69, 9.17) is 4.74 Å². The molecule has 3 rings (SSSR count). The van der Waals surface area contributed by atoms with E-state index in [9.17, 15) is 4.79 Å². The number of nitrogens with zero attached hydrogens (tertiary/aromatic N) is 1. The first-order chi connectivity index (χ1) is 12.1. The number of benzene rings is 2. The molecule has 1 aromatic heterocycles. The van der Waals surface area contributed by atoms with Crippen LogP contribution in [0.1, 0.15) is 11.1 Å². The molecular weight excluding hydrogens is 334 g/mol. The summed E-state index contributed by atoms with van der Waals surface area (Å²) in [6, 6.07) is 13.9. The zero-order valence-electron chi connectivity index (χ0n) is 14.3. The van der Waals surface area contributed by atoms with Gasteiger partial charge in [-0.05, 0) is 49.2 Å². The molecule has 6 heteroatoms. The molecular formula is C19H21N3O2S. The van der Waals surface area contributed by atoms with Crippen molar-refractivity contribution in [2.45, 2.75) is 19.0 Å². The molecule has 0 aliphatic rings. The van der Waals surface area contributed by atoms with Crippen molar-refractivity contribution < 1.29 is 9.53 Å². The van der Waals surface area contributed by atoms with E-state index < -0.39 is 0 Å². The first-order valence-electron chi connectivity index (χ1n) is 8.15. The summed E-state index contributed by atoms with van der Waals surface area (Å²) in [6.07, 6.45) is 0. The Morgan fingerprint density at radius 1 is 1.20 bits per heavy atom. The van der Waals surface area contributed by atoms with Crippen molar-refractivity contribution in [3.63, 3.8) is 0 Å². The van der Waals surface area contributed by atoms with Gasteiger partial charge in [0.25, 0.3) is 0 Å². The summed E-state index contributed by atoms with van der Waals surface area (Å²) in [7, 11) is 0. The number of hydrogen-bond donors (Lipinski definition) is 2. The molecule has 25 heavy (non-hydrogen) atoms. The molecule has 0 aliphatic heterocycles. The summed E-state index contributed by atoms with van der Waals surface area (Å²) >= 11 is 1.40.